The number of aromatic nitrogens is 1. The number of carbonyl (C=O) groups is 2. The van der Waals surface area contributed by atoms with Gasteiger partial charge in [0, 0.05) is 29.4 Å². The summed E-state index contributed by atoms with van der Waals surface area (Å²) in [5.74, 6) is -0.985. The van der Waals surface area contributed by atoms with Crippen molar-refractivity contribution >= 4 is 22.8 Å². The summed E-state index contributed by atoms with van der Waals surface area (Å²) in [6.07, 6.45) is 1.44. The van der Waals surface area contributed by atoms with Gasteiger partial charge in [0.15, 0.2) is 0 Å². The number of carboxylic acid groups (broad SMARTS) is 1. The molecule has 2 aliphatic rings. The number of fused-ring (bicyclic) bond motifs is 5. The van der Waals surface area contributed by atoms with Crippen molar-refractivity contribution in [3.05, 3.63) is 35.5 Å². The second kappa shape index (κ2) is 3.87. The van der Waals surface area contributed by atoms with Crippen LogP contribution in [0.2, 0.25) is 0 Å². The standard InChI is InChI=1S/C16H16N2O3/c1-16-7-6-13(19)18(16)12(15(20)21)8-10-9-4-2-3-5-11(9)17-14(10)16/h2-5,12,17H,6-8H2,1H3,(H,20,21)/t12-,16+/m1/s1. The third-order valence-electron chi connectivity index (χ3n) is 4.97. The van der Waals surface area contributed by atoms with Gasteiger partial charge in [-0.2, -0.15) is 0 Å². The lowest BCUT2D eigenvalue weighted by molar-refractivity contribution is -0.153. The molecule has 21 heavy (non-hydrogen) atoms. The molecule has 5 heteroatoms. The van der Waals surface area contributed by atoms with Crippen molar-refractivity contribution in [1.82, 2.24) is 9.88 Å². The highest BCUT2D eigenvalue weighted by molar-refractivity contribution is 5.91. The Balaban J connectivity index is 2.01. The van der Waals surface area contributed by atoms with E-state index < -0.39 is 17.6 Å². The van der Waals surface area contributed by atoms with E-state index in [-0.39, 0.29) is 5.91 Å². The van der Waals surface area contributed by atoms with Crippen LogP contribution in [0.15, 0.2) is 24.3 Å². The minimum Gasteiger partial charge on any atom is -0.480 e. The molecule has 1 aromatic heterocycles. The lowest BCUT2D eigenvalue weighted by Gasteiger charge is -2.43. The predicted octanol–water partition coefficient (Wildman–Crippen LogP) is 2.01. The zero-order chi connectivity index (χ0) is 14.8. The highest BCUT2D eigenvalue weighted by Crippen LogP contribution is 2.47. The van der Waals surface area contributed by atoms with Gasteiger partial charge in [-0.05, 0) is 25.0 Å². The number of rotatable bonds is 1. The normalized spacial score (nSPS) is 27.8. The van der Waals surface area contributed by atoms with Gasteiger partial charge in [-0.1, -0.05) is 18.2 Å². The van der Waals surface area contributed by atoms with Crippen LogP contribution < -0.4 is 0 Å². The van der Waals surface area contributed by atoms with Gasteiger partial charge >= 0.3 is 5.97 Å². The van der Waals surface area contributed by atoms with Crippen LogP contribution in [0.3, 0.4) is 0 Å². The molecule has 5 nitrogen and oxygen atoms in total. The fraction of sp³-hybridized carbons (Fsp3) is 0.375. The first-order valence-electron chi connectivity index (χ1n) is 7.17. The molecule has 108 valence electrons. The number of nitrogens with one attached hydrogen (secondary N) is 1. The molecule has 0 unspecified atom stereocenters. The monoisotopic (exact) mass is 284 g/mol. The maximum atomic E-state index is 12.2. The van der Waals surface area contributed by atoms with Gasteiger partial charge in [0.25, 0.3) is 0 Å². The van der Waals surface area contributed by atoms with Crippen molar-refractivity contribution in [3.63, 3.8) is 0 Å². The Morgan fingerprint density at radius 2 is 2.19 bits per heavy atom. The average molecular weight is 284 g/mol. The van der Waals surface area contributed by atoms with Gasteiger partial charge in [0.2, 0.25) is 5.91 Å². The smallest absolute Gasteiger partial charge is 0.326 e. The summed E-state index contributed by atoms with van der Waals surface area (Å²) in [6.45, 7) is 1.97. The van der Waals surface area contributed by atoms with E-state index in [0.717, 1.165) is 22.2 Å². The zero-order valence-electron chi connectivity index (χ0n) is 11.7. The SMILES string of the molecule is C[C@@]12CCC(=O)N1[C@@H](C(=O)O)Cc1c2[nH]c2ccccc12. The average Bonchev–Trinajstić information content (AvgIpc) is 2.98. The first-order chi connectivity index (χ1) is 10.0. The molecule has 1 amide bonds. The molecule has 2 N–H and O–H groups in total. The number of aliphatic carboxylic acids is 1. The largest absolute Gasteiger partial charge is 0.480 e. The summed E-state index contributed by atoms with van der Waals surface area (Å²) in [5.41, 5.74) is 2.53. The van der Waals surface area contributed by atoms with E-state index in [1.54, 1.807) is 4.90 Å². The summed E-state index contributed by atoms with van der Waals surface area (Å²) in [5, 5.41) is 10.6. The van der Waals surface area contributed by atoms with Crippen LogP contribution in [0, 0.1) is 0 Å². The minimum absolute atomic E-state index is 0.0609. The molecule has 2 aromatic rings. The van der Waals surface area contributed by atoms with Crippen molar-refractivity contribution in [3.8, 4) is 0 Å². The number of benzene rings is 1. The van der Waals surface area contributed by atoms with Crippen LogP contribution in [0.1, 0.15) is 31.0 Å². The Hall–Kier alpha value is -2.30. The van der Waals surface area contributed by atoms with Gasteiger partial charge in [-0.25, -0.2) is 4.79 Å². The number of hydrogen-bond donors (Lipinski definition) is 2. The molecule has 1 saturated heterocycles. The van der Waals surface area contributed by atoms with Crippen LogP contribution >= 0.6 is 0 Å². The molecule has 0 radical (unpaired) electrons. The van der Waals surface area contributed by atoms with Crippen LogP contribution in [-0.2, 0) is 21.5 Å². The number of para-hydroxylation sites is 1. The summed E-state index contributed by atoms with van der Waals surface area (Å²) >= 11 is 0. The number of H-pyrrole nitrogens is 1. The molecule has 0 bridgehead atoms. The summed E-state index contributed by atoms with van der Waals surface area (Å²) < 4.78 is 0. The van der Waals surface area contributed by atoms with Gasteiger partial charge < -0.3 is 15.0 Å². The topological polar surface area (TPSA) is 73.4 Å². The van der Waals surface area contributed by atoms with Crippen molar-refractivity contribution in [2.75, 3.05) is 0 Å². The third kappa shape index (κ3) is 1.46. The molecular formula is C16H16N2O3. The Labute approximate surface area is 121 Å². The van der Waals surface area contributed by atoms with E-state index in [0.29, 0.717) is 19.3 Å². The van der Waals surface area contributed by atoms with Crippen molar-refractivity contribution in [2.24, 2.45) is 0 Å². The number of nitrogens with zero attached hydrogens (tertiary/aromatic N) is 1. The number of hydrogen-bond acceptors (Lipinski definition) is 2. The molecule has 2 atom stereocenters. The molecule has 3 heterocycles. The summed E-state index contributed by atoms with van der Waals surface area (Å²) in [7, 11) is 0. The Morgan fingerprint density at radius 3 is 2.95 bits per heavy atom. The van der Waals surface area contributed by atoms with E-state index in [4.69, 9.17) is 0 Å². The van der Waals surface area contributed by atoms with E-state index in [9.17, 15) is 14.7 Å². The number of carbonyl (C=O) groups excluding carboxylic acids is 1. The van der Waals surface area contributed by atoms with Crippen molar-refractivity contribution in [1.29, 1.82) is 0 Å². The first-order valence-corrected chi connectivity index (χ1v) is 7.17. The molecule has 0 spiro atoms. The molecular weight excluding hydrogens is 268 g/mol. The van der Waals surface area contributed by atoms with E-state index in [1.165, 1.54) is 0 Å². The van der Waals surface area contributed by atoms with Gasteiger partial charge in [-0.15, -0.1) is 0 Å². The number of carboxylic acids is 1. The Bertz CT molecular complexity index is 779. The van der Waals surface area contributed by atoms with Gasteiger partial charge in [0.1, 0.15) is 6.04 Å². The second-order valence-corrected chi connectivity index (χ2v) is 6.12. The summed E-state index contributed by atoms with van der Waals surface area (Å²) in [4.78, 5) is 28.8. The number of amides is 1. The molecule has 4 rings (SSSR count). The first kappa shape index (κ1) is 12.4. The summed E-state index contributed by atoms with van der Waals surface area (Å²) in [6, 6.07) is 7.16. The van der Waals surface area contributed by atoms with Crippen LogP contribution in [0.25, 0.3) is 10.9 Å². The second-order valence-electron chi connectivity index (χ2n) is 6.12. The molecule has 0 saturated carbocycles. The van der Waals surface area contributed by atoms with E-state index in [1.807, 2.05) is 31.2 Å². The molecule has 0 aliphatic carbocycles. The van der Waals surface area contributed by atoms with Crippen LogP contribution in [-0.4, -0.2) is 32.9 Å². The predicted molar refractivity (Wildman–Crippen MR) is 76.9 cm³/mol. The number of aromatic amines is 1. The Morgan fingerprint density at radius 1 is 1.43 bits per heavy atom. The quantitative estimate of drug-likeness (QED) is 0.841. The van der Waals surface area contributed by atoms with E-state index >= 15 is 0 Å². The minimum atomic E-state index is -0.924. The zero-order valence-corrected chi connectivity index (χ0v) is 11.7. The van der Waals surface area contributed by atoms with Crippen LogP contribution in [0.5, 0.6) is 0 Å². The lowest BCUT2D eigenvalue weighted by atomic mass is 9.83. The molecule has 1 aromatic carbocycles. The van der Waals surface area contributed by atoms with Crippen LogP contribution in [0.4, 0.5) is 0 Å². The highest BCUT2D eigenvalue weighted by atomic mass is 16.4. The third-order valence-corrected chi connectivity index (χ3v) is 4.97. The molecule has 2 aliphatic heterocycles. The highest BCUT2D eigenvalue weighted by Gasteiger charge is 2.53. The van der Waals surface area contributed by atoms with Gasteiger partial charge in [0.05, 0.1) is 5.54 Å². The maximum absolute atomic E-state index is 12.2. The Kier molecular flexibility index (Phi) is 2.29. The van der Waals surface area contributed by atoms with Crippen molar-refractivity contribution in [2.45, 2.75) is 37.8 Å². The molecule has 1 fully saturated rings. The van der Waals surface area contributed by atoms with Crippen molar-refractivity contribution < 1.29 is 14.7 Å². The lowest BCUT2D eigenvalue weighted by Crippen LogP contribution is -2.55. The maximum Gasteiger partial charge on any atom is 0.326 e. The fourth-order valence-corrected chi connectivity index (χ4v) is 3.98. The van der Waals surface area contributed by atoms with Gasteiger partial charge in [-0.3, -0.25) is 4.79 Å². The fourth-order valence-electron chi connectivity index (χ4n) is 3.98. The van der Waals surface area contributed by atoms with E-state index in [2.05, 4.69) is 4.98 Å².